The Hall–Kier alpha value is -3.65. The summed E-state index contributed by atoms with van der Waals surface area (Å²) >= 11 is 0. The highest BCUT2D eigenvalue weighted by Crippen LogP contribution is 2.33. The molecule has 2 aliphatic rings. The summed E-state index contributed by atoms with van der Waals surface area (Å²) in [6.45, 7) is 12.2. The monoisotopic (exact) mass is 543 g/mol. The van der Waals surface area contributed by atoms with Crippen LogP contribution in [0.1, 0.15) is 72.3 Å². The van der Waals surface area contributed by atoms with E-state index < -0.39 is 5.60 Å². The number of nitrogens with zero attached hydrogens (tertiary/aromatic N) is 4. The van der Waals surface area contributed by atoms with Gasteiger partial charge in [-0.15, -0.1) is 0 Å². The number of nitrogens with one attached hydrogen (secondary N) is 1. The van der Waals surface area contributed by atoms with Gasteiger partial charge in [0.25, 0.3) is 5.91 Å². The van der Waals surface area contributed by atoms with Crippen LogP contribution >= 0.6 is 0 Å². The van der Waals surface area contributed by atoms with Crippen LogP contribution in [0.15, 0.2) is 54.7 Å². The first-order chi connectivity index (χ1) is 19.2. The number of amides is 2. The van der Waals surface area contributed by atoms with Crippen molar-refractivity contribution in [2.24, 2.45) is 0 Å². The summed E-state index contributed by atoms with van der Waals surface area (Å²) in [7, 11) is 0. The van der Waals surface area contributed by atoms with Crippen LogP contribution in [-0.4, -0.2) is 69.9 Å². The highest BCUT2D eigenvalue weighted by Gasteiger charge is 2.32. The fourth-order valence-electron chi connectivity index (χ4n) is 5.65. The first-order valence-electron chi connectivity index (χ1n) is 14.4. The Morgan fingerprint density at radius 1 is 1.00 bits per heavy atom. The zero-order chi connectivity index (χ0) is 28.3. The molecule has 2 amide bonds. The summed E-state index contributed by atoms with van der Waals surface area (Å²) in [4.78, 5) is 30.3. The molecule has 1 N–H and O–H groups in total. The number of ether oxygens (including phenoxy) is 1. The number of piperidine rings is 1. The van der Waals surface area contributed by atoms with Gasteiger partial charge in [0.2, 0.25) is 0 Å². The summed E-state index contributed by atoms with van der Waals surface area (Å²) in [5.74, 6) is 0.00202. The van der Waals surface area contributed by atoms with Crippen LogP contribution in [0.2, 0.25) is 0 Å². The van der Waals surface area contributed by atoms with Crippen LogP contribution in [-0.2, 0) is 17.7 Å². The standard InChI is InChI=1S/C32H41N5O3/c1-23-9-11-27(12-10-23)37-29(25-14-18-36(19-15-25)31(39)40-32(2,3)4)28(21-34-37)30(38)33-16-20-35-17-13-24-7-5-6-8-26(24)22-35/h5-12,21,25H,13-20,22H2,1-4H3,(H,33,38). The van der Waals surface area contributed by atoms with Crippen LogP contribution in [0.5, 0.6) is 0 Å². The maximum absolute atomic E-state index is 13.5. The summed E-state index contributed by atoms with van der Waals surface area (Å²) in [6, 6.07) is 16.8. The average Bonchev–Trinajstić information content (AvgIpc) is 3.38. The Balaban J connectivity index is 1.28. The number of hydrogen-bond donors (Lipinski definition) is 1. The number of hydrogen-bond acceptors (Lipinski definition) is 5. The molecule has 0 bridgehead atoms. The lowest BCUT2D eigenvalue weighted by Crippen LogP contribution is -2.42. The van der Waals surface area contributed by atoms with Gasteiger partial charge in [-0.25, -0.2) is 9.48 Å². The number of rotatable bonds is 6. The van der Waals surface area contributed by atoms with Crippen molar-refractivity contribution in [3.8, 4) is 5.69 Å². The largest absolute Gasteiger partial charge is 0.444 e. The average molecular weight is 544 g/mol. The smallest absolute Gasteiger partial charge is 0.410 e. The van der Waals surface area contributed by atoms with Crippen molar-refractivity contribution in [3.63, 3.8) is 0 Å². The fourth-order valence-corrected chi connectivity index (χ4v) is 5.65. The molecular formula is C32H41N5O3. The molecule has 1 aromatic heterocycles. The third kappa shape index (κ3) is 6.55. The summed E-state index contributed by atoms with van der Waals surface area (Å²) in [5, 5.41) is 7.84. The number of carbonyl (C=O) groups excluding carboxylic acids is 2. The van der Waals surface area contributed by atoms with E-state index >= 15 is 0 Å². The number of fused-ring (bicyclic) bond motifs is 1. The highest BCUT2D eigenvalue weighted by molar-refractivity contribution is 5.95. The molecule has 2 aliphatic heterocycles. The van der Waals surface area contributed by atoms with Crippen molar-refractivity contribution in [1.82, 2.24) is 24.9 Å². The summed E-state index contributed by atoms with van der Waals surface area (Å²) in [6.07, 6.45) is 3.94. The molecule has 1 saturated heterocycles. The van der Waals surface area contributed by atoms with Crippen LogP contribution in [0.4, 0.5) is 4.79 Å². The predicted octanol–water partition coefficient (Wildman–Crippen LogP) is 5.08. The van der Waals surface area contributed by atoms with Crippen LogP contribution in [0.3, 0.4) is 0 Å². The molecular weight excluding hydrogens is 502 g/mol. The van der Waals surface area contributed by atoms with E-state index in [4.69, 9.17) is 4.74 Å². The fraction of sp³-hybridized carbons (Fsp3) is 0.469. The number of aromatic nitrogens is 2. The van der Waals surface area contributed by atoms with E-state index in [2.05, 4.69) is 58.6 Å². The second kappa shape index (κ2) is 11.8. The lowest BCUT2D eigenvalue weighted by molar-refractivity contribution is 0.0203. The highest BCUT2D eigenvalue weighted by atomic mass is 16.6. The molecule has 3 aromatic rings. The Bertz CT molecular complexity index is 1330. The summed E-state index contributed by atoms with van der Waals surface area (Å²) < 4.78 is 7.49. The van der Waals surface area contributed by atoms with E-state index in [0.717, 1.165) is 50.3 Å². The molecule has 212 valence electrons. The maximum atomic E-state index is 13.5. The van der Waals surface area contributed by atoms with E-state index in [0.29, 0.717) is 25.2 Å². The van der Waals surface area contributed by atoms with Gasteiger partial charge < -0.3 is 15.0 Å². The molecule has 1 fully saturated rings. The second-order valence-corrected chi connectivity index (χ2v) is 12.0. The van der Waals surface area contributed by atoms with Gasteiger partial charge in [-0.2, -0.15) is 5.10 Å². The van der Waals surface area contributed by atoms with Gasteiger partial charge in [0.15, 0.2) is 0 Å². The van der Waals surface area contributed by atoms with Crippen LogP contribution in [0, 0.1) is 6.92 Å². The Kier molecular flexibility index (Phi) is 8.26. The van der Waals surface area contributed by atoms with Crippen molar-refractivity contribution in [1.29, 1.82) is 0 Å². The molecule has 2 aromatic carbocycles. The normalized spacial score (nSPS) is 16.4. The molecule has 0 spiro atoms. The minimum Gasteiger partial charge on any atom is -0.444 e. The molecule has 0 saturated carbocycles. The van der Waals surface area contributed by atoms with Gasteiger partial charge >= 0.3 is 6.09 Å². The number of carbonyl (C=O) groups is 2. The zero-order valence-corrected chi connectivity index (χ0v) is 24.2. The number of benzene rings is 2. The second-order valence-electron chi connectivity index (χ2n) is 12.0. The Labute approximate surface area is 237 Å². The van der Waals surface area contributed by atoms with Gasteiger partial charge in [0.05, 0.1) is 23.1 Å². The van der Waals surface area contributed by atoms with Crippen molar-refractivity contribution in [3.05, 3.63) is 82.7 Å². The summed E-state index contributed by atoms with van der Waals surface area (Å²) in [5.41, 5.74) is 5.90. The van der Waals surface area contributed by atoms with Crippen LogP contribution in [0.25, 0.3) is 5.69 Å². The Morgan fingerprint density at radius 2 is 1.70 bits per heavy atom. The molecule has 40 heavy (non-hydrogen) atoms. The van der Waals surface area contributed by atoms with Gasteiger partial charge in [-0.1, -0.05) is 42.0 Å². The lowest BCUT2D eigenvalue weighted by Gasteiger charge is -2.34. The third-order valence-electron chi connectivity index (χ3n) is 7.79. The molecule has 0 aliphatic carbocycles. The van der Waals surface area contributed by atoms with Crippen molar-refractivity contribution in [2.75, 3.05) is 32.7 Å². The SMILES string of the molecule is Cc1ccc(-n2ncc(C(=O)NCCN3CCc4ccccc4C3)c2C2CCN(C(=O)OC(C)(C)C)CC2)cc1. The van der Waals surface area contributed by atoms with E-state index in [-0.39, 0.29) is 17.9 Å². The van der Waals surface area contributed by atoms with E-state index in [9.17, 15) is 9.59 Å². The zero-order valence-electron chi connectivity index (χ0n) is 24.2. The topological polar surface area (TPSA) is 79.7 Å². The number of likely N-dealkylation sites (tertiary alicyclic amines) is 1. The first kappa shape index (κ1) is 27.9. The Morgan fingerprint density at radius 3 is 2.40 bits per heavy atom. The molecule has 3 heterocycles. The van der Waals surface area contributed by atoms with Crippen molar-refractivity contribution >= 4 is 12.0 Å². The van der Waals surface area contributed by atoms with Gasteiger partial charge in [-0.05, 0) is 70.2 Å². The minimum atomic E-state index is -0.527. The van der Waals surface area contributed by atoms with E-state index in [1.807, 2.05) is 37.6 Å². The van der Waals surface area contributed by atoms with Crippen molar-refractivity contribution in [2.45, 2.75) is 65.0 Å². The number of aryl methyl sites for hydroxylation is 1. The quantitative estimate of drug-likeness (QED) is 0.469. The molecule has 8 heteroatoms. The van der Waals surface area contributed by atoms with Gasteiger partial charge in [-0.3, -0.25) is 9.69 Å². The van der Waals surface area contributed by atoms with Crippen LogP contribution < -0.4 is 5.32 Å². The minimum absolute atomic E-state index is 0.0969. The predicted molar refractivity (Wildman–Crippen MR) is 156 cm³/mol. The third-order valence-corrected chi connectivity index (χ3v) is 7.79. The lowest BCUT2D eigenvalue weighted by atomic mass is 9.91. The molecule has 8 nitrogen and oxygen atoms in total. The van der Waals surface area contributed by atoms with Crippen molar-refractivity contribution < 1.29 is 14.3 Å². The molecule has 0 unspecified atom stereocenters. The molecule has 0 atom stereocenters. The molecule has 0 radical (unpaired) electrons. The van der Waals surface area contributed by atoms with Gasteiger partial charge in [0.1, 0.15) is 5.60 Å². The van der Waals surface area contributed by atoms with E-state index in [1.165, 1.54) is 16.7 Å². The maximum Gasteiger partial charge on any atom is 0.410 e. The van der Waals surface area contributed by atoms with E-state index in [1.54, 1.807) is 11.1 Å². The molecule has 5 rings (SSSR count). The van der Waals surface area contributed by atoms with Gasteiger partial charge in [0, 0.05) is 45.2 Å². The first-order valence-corrected chi connectivity index (χ1v) is 14.4.